The number of urea groups is 1. The molecular formula is C29H32Cl2N4O4S2. The summed E-state index contributed by atoms with van der Waals surface area (Å²) in [6.45, 7) is 5.02. The van der Waals surface area contributed by atoms with Crippen molar-refractivity contribution in [2.45, 2.75) is 19.0 Å². The maximum Gasteiger partial charge on any atom is 0.326 e. The number of piperazine rings is 1. The molecular weight excluding hydrogens is 603 g/mol. The van der Waals surface area contributed by atoms with E-state index >= 15 is 0 Å². The van der Waals surface area contributed by atoms with Crippen LogP contribution in [0.25, 0.3) is 0 Å². The van der Waals surface area contributed by atoms with Gasteiger partial charge in [0.15, 0.2) is 5.84 Å². The minimum atomic E-state index is -3.06. The number of carbonyl (C=O) groups excluding carboxylic acids is 1. The molecule has 0 bridgehead atoms. The average molecular weight is 636 g/mol. The minimum Gasteiger partial charge on any atom is -0.492 e. The maximum atomic E-state index is 14.5. The van der Waals surface area contributed by atoms with Crippen molar-refractivity contribution in [3.8, 4) is 5.75 Å². The molecule has 2 amide bonds. The summed E-state index contributed by atoms with van der Waals surface area (Å²) in [6, 6.07) is 16.0. The summed E-state index contributed by atoms with van der Waals surface area (Å²) >= 11 is 14.0. The number of amidine groups is 1. The van der Waals surface area contributed by atoms with Crippen LogP contribution in [-0.2, 0) is 9.84 Å². The van der Waals surface area contributed by atoms with Gasteiger partial charge in [-0.15, -0.1) is 11.3 Å². The highest BCUT2D eigenvalue weighted by Gasteiger charge is 2.45. The highest BCUT2D eigenvalue weighted by molar-refractivity contribution is 7.90. The third-order valence-electron chi connectivity index (χ3n) is 7.25. The van der Waals surface area contributed by atoms with Crippen LogP contribution in [0.3, 0.4) is 0 Å². The molecule has 0 aliphatic carbocycles. The third kappa shape index (κ3) is 6.89. The van der Waals surface area contributed by atoms with Gasteiger partial charge < -0.3 is 9.64 Å². The Labute approximate surface area is 255 Å². The monoisotopic (exact) mass is 634 g/mol. The van der Waals surface area contributed by atoms with Crippen LogP contribution >= 0.6 is 34.5 Å². The third-order valence-corrected chi connectivity index (χ3v) is 9.57. The molecule has 2 aliphatic rings. The summed E-state index contributed by atoms with van der Waals surface area (Å²) in [6.07, 6.45) is 1.25. The van der Waals surface area contributed by atoms with Crippen LogP contribution in [0.15, 0.2) is 65.0 Å². The number of sulfone groups is 1. The summed E-state index contributed by atoms with van der Waals surface area (Å²) in [5.41, 5.74) is 1.84. The standard InChI is InChI=1S/C29H32Cl2N4O4S2/c1-3-39-24-12-18-40-27(24)28-32-25(20-4-8-22(30)9-5-20)26(21-6-10-23(31)11-7-21)35(28)29(36)34-15-13-33(14-16-34)17-19-41(2,37)38/h4-12,18,25-26H,3,13-17,19H2,1-2H3/t25?,26-/m1/s1. The molecule has 0 spiro atoms. The van der Waals surface area contributed by atoms with Crippen molar-refractivity contribution in [3.05, 3.63) is 86.0 Å². The number of ether oxygens (including phenoxy) is 1. The van der Waals surface area contributed by atoms with E-state index in [0.29, 0.717) is 61.0 Å². The fourth-order valence-electron chi connectivity index (χ4n) is 5.16. The minimum absolute atomic E-state index is 0.101. The molecule has 1 unspecified atom stereocenters. The van der Waals surface area contributed by atoms with Crippen molar-refractivity contribution >= 4 is 56.2 Å². The summed E-state index contributed by atoms with van der Waals surface area (Å²) in [5.74, 6) is 1.35. The lowest BCUT2D eigenvalue weighted by atomic mass is 9.94. The van der Waals surface area contributed by atoms with E-state index in [9.17, 15) is 13.2 Å². The fourth-order valence-corrected chi connectivity index (χ4v) is 6.83. The van der Waals surface area contributed by atoms with Gasteiger partial charge in [-0.1, -0.05) is 47.5 Å². The maximum absolute atomic E-state index is 14.5. The molecule has 3 aromatic rings. The van der Waals surface area contributed by atoms with E-state index in [1.54, 1.807) is 4.90 Å². The molecule has 2 atom stereocenters. The quantitative estimate of drug-likeness (QED) is 0.314. The number of rotatable bonds is 8. The Morgan fingerprint density at radius 3 is 2.17 bits per heavy atom. The Kier molecular flexibility index (Phi) is 9.25. The Bertz CT molecular complexity index is 1500. The summed E-state index contributed by atoms with van der Waals surface area (Å²) in [5, 5.41) is 3.17. The van der Waals surface area contributed by atoms with E-state index in [2.05, 4.69) is 4.90 Å². The van der Waals surface area contributed by atoms with Crippen LogP contribution in [0.4, 0.5) is 4.79 Å². The van der Waals surface area contributed by atoms with Gasteiger partial charge in [0.1, 0.15) is 26.5 Å². The molecule has 3 heterocycles. The van der Waals surface area contributed by atoms with Crippen molar-refractivity contribution in [1.82, 2.24) is 14.7 Å². The second-order valence-corrected chi connectivity index (χ2v) is 14.2. The Morgan fingerprint density at radius 1 is 0.976 bits per heavy atom. The van der Waals surface area contributed by atoms with Gasteiger partial charge in [-0.2, -0.15) is 0 Å². The van der Waals surface area contributed by atoms with Gasteiger partial charge in [-0.05, 0) is 53.8 Å². The summed E-state index contributed by atoms with van der Waals surface area (Å²) in [7, 11) is -3.06. The molecule has 0 N–H and O–H groups in total. The van der Waals surface area contributed by atoms with Gasteiger partial charge in [0.05, 0.1) is 18.4 Å². The second-order valence-electron chi connectivity index (χ2n) is 10.1. The van der Waals surface area contributed by atoms with E-state index in [4.69, 9.17) is 32.9 Å². The molecule has 1 fully saturated rings. The first-order chi connectivity index (χ1) is 19.6. The lowest BCUT2D eigenvalue weighted by Gasteiger charge is -2.39. The lowest BCUT2D eigenvalue weighted by Crippen LogP contribution is -2.54. The lowest BCUT2D eigenvalue weighted by molar-refractivity contribution is 0.122. The van der Waals surface area contributed by atoms with E-state index in [1.807, 2.05) is 71.8 Å². The summed E-state index contributed by atoms with van der Waals surface area (Å²) < 4.78 is 29.3. The van der Waals surface area contributed by atoms with Crippen LogP contribution in [-0.4, -0.2) is 86.3 Å². The smallest absolute Gasteiger partial charge is 0.326 e. The Hall–Kier alpha value is -2.63. The van der Waals surface area contributed by atoms with Crippen molar-refractivity contribution in [3.63, 3.8) is 0 Å². The van der Waals surface area contributed by atoms with Crippen molar-refractivity contribution in [2.24, 2.45) is 4.99 Å². The zero-order valence-corrected chi connectivity index (χ0v) is 26.0. The largest absolute Gasteiger partial charge is 0.492 e. The normalized spacial score (nSPS) is 19.9. The Morgan fingerprint density at radius 2 is 1.59 bits per heavy atom. The van der Waals surface area contributed by atoms with Gasteiger partial charge in [0.25, 0.3) is 0 Å². The highest BCUT2D eigenvalue weighted by atomic mass is 35.5. The van der Waals surface area contributed by atoms with Gasteiger partial charge in [-0.25, -0.2) is 13.2 Å². The molecule has 0 radical (unpaired) electrons. The van der Waals surface area contributed by atoms with Crippen molar-refractivity contribution < 1.29 is 17.9 Å². The van der Waals surface area contributed by atoms with Crippen LogP contribution < -0.4 is 4.74 Å². The van der Waals surface area contributed by atoms with Gasteiger partial charge >= 0.3 is 6.03 Å². The van der Waals surface area contributed by atoms with Crippen molar-refractivity contribution in [1.29, 1.82) is 0 Å². The highest BCUT2D eigenvalue weighted by Crippen LogP contribution is 2.46. The van der Waals surface area contributed by atoms with Crippen LogP contribution in [0.5, 0.6) is 5.75 Å². The number of halogens is 2. The number of hydrogen-bond acceptors (Lipinski definition) is 7. The number of aliphatic imine (C=N–C) groups is 1. The number of thiophene rings is 1. The first-order valence-electron chi connectivity index (χ1n) is 13.4. The van der Waals surface area contributed by atoms with E-state index < -0.39 is 15.9 Å². The molecule has 12 heteroatoms. The van der Waals surface area contributed by atoms with E-state index in [0.717, 1.165) is 16.0 Å². The molecule has 1 aromatic heterocycles. The zero-order valence-electron chi connectivity index (χ0n) is 22.9. The Balaban J connectivity index is 1.53. The van der Waals surface area contributed by atoms with Crippen LogP contribution in [0.1, 0.15) is 35.0 Å². The second kappa shape index (κ2) is 12.7. The van der Waals surface area contributed by atoms with Crippen molar-refractivity contribution in [2.75, 3.05) is 51.3 Å². The van der Waals surface area contributed by atoms with Gasteiger partial charge in [0.2, 0.25) is 0 Å². The molecule has 5 rings (SSSR count). The molecule has 0 saturated carbocycles. The van der Waals surface area contributed by atoms with Crippen LogP contribution in [0, 0.1) is 0 Å². The predicted molar refractivity (Wildman–Crippen MR) is 165 cm³/mol. The average Bonchev–Trinajstić information content (AvgIpc) is 3.57. The number of hydrogen-bond donors (Lipinski definition) is 0. The first kappa shape index (κ1) is 29.8. The molecule has 2 aromatic carbocycles. The molecule has 2 aliphatic heterocycles. The van der Waals surface area contributed by atoms with E-state index in [-0.39, 0.29) is 17.8 Å². The molecule has 41 heavy (non-hydrogen) atoms. The zero-order chi connectivity index (χ0) is 29.1. The number of amides is 2. The number of carbonyl (C=O) groups is 1. The van der Waals surface area contributed by atoms with E-state index in [1.165, 1.54) is 17.6 Å². The van der Waals surface area contributed by atoms with Crippen LogP contribution in [0.2, 0.25) is 10.0 Å². The number of nitrogens with zero attached hydrogens (tertiary/aromatic N) is 4. The molecule has 218 valence electrons. The fraction of sp³-hybridized carbons (Fsp3) is 0.379. The predicted octanol–water partition coefficient (Wildman–Crippen LogP) is 5.78. The first-order valence-corrected chi connectivity index (χ1v) is 17.1. The van der Waals surface area contributed by atoms with Gasteiger partial charge in [0, 0.05) is 49.0 Å². The number of benzene rings is 2. The SMILES string of the molecule is CCOc1ccsc1C1=NC(c2ccc(Cl)cc2)[C@@H](c2ccc(Cl)cc2)N1C(=O)N1CCN(CCS(C)(=O)=O)CC1. The summed E-state index contributed by atoms with van der Waals surface area (Å²) in [4.78, 5) is 26.2. The molecule has 1 saturated heterocycles. The van der Waals surface area contributed by atoms with Gasteiger partial charge in [-0.3, -0.25) is 14.8 Å². The molecule has 8 nitrogen and oxygen atoms in total. The topological polar surface area (TPSA) is 82.5 Å².